The van der Waals surface area contributed by atoms with Crippen LogP contribution in [-0.4, -0.2) is 42.8 Å². The van der Waals surface area contributed by atoms with E-state index in [4.69, 9.17) is 26.0 Å². The molecule has 0 saturated heterocycles. The van der Waals surface area contributed by atoms with Crippen molar-refractivity contribution in [2.75, 3.05) is 21.3 Å². The van der Waals surface area contributed by atoms with Crippen molar-refractivity contribution in [3.8, 4) is 0 Å². The Morgan fingerprint density at radius 1 is 1.18 bits per heavy atom. The number of rotatable bonds is 9. The van der Waals surface area contributed by atoms with Crippen molar-refractivity contribution in [3.63, 3.8) is 0 Å². The van der Waals surface area contributed by atoms with Crippen LogP contribution in [0.4, 0.5) is 0 Å². The molecule has 0 radical (unpaired) electrons. The van der Waals surface area contributed by atoms with Gasteiger partial charge in [0, 0.05) is 20.6 Å². The minimum Gasteiger partial charge on any atom is -0.475 e. The quantitative estimate of drug-likeness (QED) is 0.344. The lowest BCUT2D eigenvalue weighted by molar-refractivity contribution is -0.140. The molecule has 130 valence electrons. The van der Waals surface area contributed by atoms with Gasteiger partial charge < -0.3 is 18.5 Å². The van der Waals surface area contributed by atoms with Crippen molar-refractivity contribution in [2.24, 2.45) is 5.92 Å². The summed E-state index contributed by atoms with van der Waals surface area (Å²) in [5.74, 6) is -0.101. The third-order valence-corrected chi connectivity index (χ3v) is 7.39. The fourth-order valence-electron chi connectivity index (χ4n) is 1.36. The van der Waals surface area contributed by atoms with Crippen molar-refractivity contribution in [3.05, 3.63) is 0 Å². The molecule has 0 fully saturated rings. The molecular weight excluding hydrogens is 347 g/mol. The van der Waals surface area contributed by atoms with E-state index < -0.39 is 18.6 Å². The summed E-state index contributed by atoms with van der Waals surface area (Å²) in [6.45, 7) is 5.94. The van der Waals surface area contributed by atoms with E-state index in [9.17, 15) is 9.36 Å². The molecule has 0 aromatic carbocycles. The fourth-order valence-corrected chi connectivity index (χ4v) is 5.13. The Morgan fingerprint density at radius 2 is 1.73 bits per heavy atom. The van der Waals surface area contributed by atoms with Crippen LogP contribution in [0.3, 0.4) is 0 Å². The Morgan fingerprint density at radius 3 is 2.14 bits per heavy atom. The van der Waals surface area contributed by atoms with Crippen LogP contribution in [0.5, 0.6) is 0 Å². The number of thioether (sulfide) groups is 1. The number of hydrogen-bond donors (Lipinski definition) is 0. The van der Waals surface area contributed by atoms with Crippen LogP contribution >= 0.6 is 31.6 Å². The van der Waals surface area contributed by atoms with Crippen LogP contribution in [0.1, 0.15) is 33.6 Å². The molecule has 0 N–H and O–H groups in total. The summed E-state index contributed by atoms with van der Waals surface area (Å²) in [4.78, 5) is 10.7. The Labute approximate surface area is 142 Å². The summed E-state index contributed by atoms with van der Waals surface area (Å²) >= 11 is 6.28. The van der Waals surface area contributed by atoms with Gasteiger partial charge in [-0.05, 0) is 31.5 Å². The van der Waals surface area contributed by atoms with Crippen molar-refractivity contribution in [1.82, 2.24) is 0 Å². The van der Waals surface area contributed by atoms with E-state index in [-0.39, 0.29) is 23.3 Å². The first-order valence-electron chi connectivity index (χ1n) is 6.85. The monoisotopic (exact) mass is 372 g/mol. The summed E-state index contributed by atoms with van der Waals surface area (Å²) in [5.41, 5.74) is 0. The van der Waals surface area contributed by atoms with E-state index in [2.05, 4.69) is 4.74 Å². The first-order chi connectivity index (χ1) is 10.2. The SMILES string of the molecule is COC(=O)CCC(SC(=S)OC(C)C(C)C)P(=O)(OC)OC. The number of carbonyl (C=O) groups excluding carboxylic acids is 1. The average molecular weight is 372 g/mol. The lowest BCUT2D eigenvalue weighted by Gasteiger charge is -2.25. The first kappa shape index (κ1) is 21.9. The fraction of sp³-hybridized carbons (Fsp3) is 0.846. The Kier molecular flexibility index (Phi) is 10.5. The van der Waals surface area contributed by atoms with Crippen molar-refractivity contribution in [2.45, 2.75) is 44.7 Å². The van der Waals surface area contributed by atoms with Crippen LogP contribution in [0.15, 0.2) is 0 Å². The van der Waals surface area contributed by atoms with Crippen LogP contribution in [-0.2, 0) is 27.9 Å². The number of carbonyl (C=O) groups is 1. The van der Waals surface area contributed by atoms with Gasteiger partial charge in [0.15, 0.2) is 0 Å². The highest BCUT2D eigenvalue weighted by Gasteiger charge is 2.36. The maximum Gasteiger partial charge on any atom is 0.343 e. The van der Waals surface area contributed by atoms with Crippen molar-refractivity contribution in [1.29, 1.82) is 0 Å². The lowest BCUT2D eigenvalue weighted by atomic mass is 10.1. The summed E-state index contributed by atoms with van der Waals surface area (Å²) < 4.78 is 33.1. The van der Waals surface area contributed by atoms with E-state index in [0.717, 1.165) is 11.8 Å². The third-order valence-electron chi connectivity index (χ3n) is 3.14. The molecule has 0 rings (SSSR count). The summed E-state index contributed by atoms with van der Waals surface area (Å²) in [6, 6.07) is 0. The van der Waals surface area contributed by atoms with E-state index in [1.54, 1.807) is 0 Å². The topological polar surface area (TPSA) is 71.1 Å². The maximum absolute atomic E-state index is 12.6. The van der Waals surface area contributed by atoms with Gasteiger partial charge in [0.05, 0.1) is 13.2 Å². The van der Waals surface area contributed by atoms with Crippen LogP contribution in [0.2, 0.25) is 0 Å². The molecule has 0 aliphatic carbocycles. The molecule has 0 spiro atoms. The first-order valence-corrected chi connectivity index (χ1v) is 9.75. The Hall–Kier alpha value is -0.140. The molecule has 2 atom stereocenters. The largest absolute Gasteiger partial charge is 0.475 e. The number of hydrogen-bond acceptors (Lipinski definition) is 8. The Balaban J connectivity index is 4.89. The molecule has 0 aromatic rings. The summed E-state index contributed by atoms with van der Waals surface area (Å²) in [6.07, 6.45) is 0.272. The van der Waals surface area contributed by atoms with E-state index in [1.165, 1.54) is 21.3 Å². The lowest BCUT2D eigenvalue weighted by Crippen LogP contribution is -2.20. The summed E-state index contributed by atoms with van der Waals surface area (Å²) in [7, 11) is 0.513. The van der Waals surface area contributed by atoms with E-state index in [0.29, 0.717) is 5.92 Å². The molecule has 0 aliphatic rings. The van der Waals surface area contributed by atoms with Gasteiger partial charge in [-0.1, -0.05) is 25.6 Å². The molecule has 9 heteroatoms. The predicted octanol–water partition coefficient (Wildman–Crippen LogP) is 3.83. The van der Waals surface area contributed by atoms with Crippen LogP contribution in [0, 0.1) is 5.92 Å². The number of methoxy groups -OCH3 is 1. The highest BCUT2D eigenvalue weighted by molar-refractivity contribution is 8.25. The zero-order chi connectivity index (χ0) is 17.3. The molecule has 0 heterocycles. The molecule has 0 aromatic heterocycles. The van der Waals surface area contributed by atoms with Gasteiger partial charge in [0.1, 0.15) is 4.99 Å². The number of ether oxygens (including phenoxy) is 2. The van der Waals surface area contributed by atoms with Gasteiger partial charge in [-0.15, -0.1) is 0 Å². The molecule has 0 amide bonds. The zero-order valence-corrected chi connectivity index (χ0v) is 16.4. The second-order valence-corrected chi connectivity index (χ2v) is 9.50. The number of thiocarbonyl (C=S) groups is 1. The molecule has 0 bridgehead atoms. The second-order valence-electron chi connectivity index (χ2n) is 4.91. The molecule has 2 unspecified atom stereocenters. The van der Waals surface area contributed by atoms with Crippen LogP contribution < -0.4 is 0 Å². The second kappa shape index (κ2) is 10.6. The number of esters is 1. The van der Waals surface area contributed by atoms with E-state index in [1.807, 2.05) is 20.8 Å². The van der Waals surface area contributed by atoms with Gasteiger partial charge >= 0.3 is 13.6 Å². The normalized spacial score (nSPS) is 14.5. The van der Waals surface area contributed by atoms with Gasteiger partial charge in [0.2, 0.25) is 4.38 Å². The summed E-state index contributed by atoms with van der Waals surface area (Å²) in [5, 5.41) is 0. The predicted molar refractivity (Wildman–Crippen MR) is 92.2 cm³/mol. The maximum atomic E-state index is 12.6. The van der Waals surface area contributed by atoms with Crippen molar-refractivity contribution < 1.29 is 27.9 Å². The standard InChI is InChI=1S/C13H25O6PS2/c1-9(2)10(3)19-13(21)22-12(8-7-11(14)16-4)20(15,17-5)18-6/h9-10,12H,7-8H2,1-6H3. The van der Waals surface area contributed by atoms with Gasteiger partial charge in [-0.3, -0.25) is 9.36 Å². The molecule has 0 aliphatic heterocycles. The Bertz CT molecular complexity index is 407. The minimum absolute atomic E-state index is 0.0641. The molecule has 0 saturated carbocycles. The third kappa shape index (κ3) is 7.42. The van der Waals surface area contributed by atoms with Gasteiger partial charge in [-0.2, -0.15) is 0 Å². The smallest absolute Gasteiger partial charge is 0.343 e. The minimum atomic E-state index is -3.39. The van der Waals surface area contributed by atoms with Crippen molar-refractivity contribution >= 4 is 41.9 Å². The van der Waals surface area contributed by atoms with Crippen LogP contribution in [0.25, 0.3) is 0 Å². The zero-order valence-electron chi connectivity index (χ0n) is 13.9. The highest BCUT2D eigenvalue weighted by Crippen LogP contribution is 2.57. The molecular formula is C13H25O6PS2. The highest BCUT2D eigenvalue weighted by atomic mass is 32.2. The molecule has 6 nitrogen and oxygen atoms in total. The van der Waals surface area contributed by atoms with E-state index >= 15 is 0 Å². The average Bonchev–Trinajstić information content (AvgIpc) is 2.49. The van der Waals surface area contributed by atoms with Gasteiger partial charge in [-0.25, -0.2) is 0 Å². The van der Waals surface area contributed by atoms with Gasteiger partial charge in [0.25, 0.3) is 0 Å². The molecule has 22 heavy (non-hydrogen) atoms.